The van der Waals surface area contributed by atoms with Crippen LogP contribution in [0, 0.1) is 0 Å². The lowest BCUT2D eigenvalue weighted by Gasteiger charge is -2.11. The molecule has 0 fully saturated rings. The predicted molar refractivity (Wildman–Crippen MR) is 113 cm³/mol. The zero-order chi connectivity index (χ0) is 20.1. The smallest absolute Gasteiger partial charge is 0.159 e. The molecular formula is C22H17Cl2NO3. The number of ether oxygens (including phenoxy) is 1. The number of Topliss-reactive ketones (excluding diaryl/α,β-unsaturated/α-hetero) is 1. The molecule has 0 aromatic heterocycles. The molecule has 0 unspecified atom stereocenters. The number of rotatable bonds is 6. The number of hydrogen-bond acceptors (Lipinski definition) is 4. The average Bonchev–Trinajstić information content (AvgIpc) is 2.67. The van der Waals surface area contributed by atoms with Crippen molar-refractivity contribution in [1.29, 1.82) is 0 Å². The predicted octanol–water partition coefficient (Wildman–Crippen LogP) is 6.23. The van der Waals surface area contributed by atoms with Crippen LogP contribution in [0.1, 0.15) is 28.4 Å². The van der Waals surface area contributed by atoms with Gasteiger partial charge in [0.25, 0.3) is 0 Å². The molecule has 0 aliphatic rings. The lowest BCUT2D eigenvalue weighted by atomic mass is 10.1. The SMILES string of the molecule is CC(=O)c1ccc(/N=C/c2cc(Cl)c(OCc3ccccc3)c(Cl)c2)c(O)c1. The minimum atomic E-state index is -0.129. The number of carbonyl (C=O) groups excluding carboxylic acids is 1. The van der Waals surface area contributed by atoms with E-state index in [1.165, 1.54) is 19.2 Å². The van der Waals surface area contributed by atoms with Crippen molar-refractivity contribution in [2.75, 3.05) is 0 Å². The maximum atomic E-state index is 11.3. The average molecular weight is 414 g/mol. The summed E-state index contributed by atoms with van der Waals surface area (Å²) >= 11 is 12.6. The zero-order valence-corrected chi connectivity index (χ0v) is 16.5. The monoisotopic (exact) mass is 413 g/mol. The molecule has 1 N–H and O–H groups in total. The number of phenols is 1. The molecule has 28 heavy (non-hydrogen) atoms. The van der Waals surface area contributed by atoms with Crippen LogP contribution in [-0.2, 0) is 6.61 Å². The fourth-order valence-corrected chi connectivity index (χ4v) is 3.13. The Labute approximate surface area is 173 Å². The van der Waals surface area contributed by atoms with Crippen molar-refractivity contribution in [2.45, 2.75) is 13.5 Å². The van der Waals surface area contributed by atoms with Crippen LogP contribution in [0.25, 0.3) is 0 Å². The second kappa shape index (κ2) is 8.91. The topological polar surface area (TPSA) is 58.9 Å². The first-order valence-electron chi connectivity index (χ1n) is 8.48. The van der Waals surface area contributed by atoms with E-state index < -0.39 is 0 Å². The van der Waals surface area contributed by atoms with Gasteiger partial charge in [-0.1, -0.05) is 53.5 Å². The Morgan fingerprint density at radius 2 is 1.75 bits per heavy atom. The number of aromatic hydroxyl groups is 1. The van der Waals surface area contributed by atoms with Gasteiger partial charge in [-0.15, -0.1) is 0 Å². The number of halogens is 2. The number of aliphatic imine (C=N–C) groups is 1. The van der Waals surface area contributed by atoms with E-state index in [1.807, 2.05) is 30.3 Å². The highest BCUT2D eigenvalue weighted by Crippen LogP contribution is 2.35. The van der Waals surface area contributed by atoms with Crippen LogP contribution in [0.15, 0.2) is 65.7 Å². The Balaban J connectivity index is 1.77. The van der Waals surface area contributed by atoms with Crippen molar-refractivity contribution in [3.63, 3.8) is 0 Å². The first kappa shape index (κ1) is 19.9. The molecule has 0 aliphatic heterocycles. The molecule has 6 heteroatoms. The number of hydrogen-bond donors (Lipinski definition) is 1. The third kappa shape index (κ3) is 4.91. The van der Waals surface area contributed by atoms with Gasteiger partial charge in [0, 0.05) is 11.8 Å². The van der Waals surface area contributed by atoms with Gasteiger partial charge in [-0.05, 0) is 48.4 Å². The third-order valence-electron chi connectivity index (χ3n) is 3.98. The van der Waals surface area contributed by atoms with E-state index in [0.29, 0.717) is 39.2 Å². The number of phenolic OH excluding ortho intramolecular Hbond substituents is 1. The number of carbonyl (C=O) groups is 1. The maximum absolute atomic E-state index is 11.3. The minimum absolute atomic E-state index is 0.0797. The first-order chi connectivity index (χ1) is 13.4. The van der Waals surface area contributed by atoms with E-state index in [4.69, 9.17) is 27.9 Å². The molecule has 3 rings (SSSR count). The highest BCUT2D eigenvalue weighted by molar-refractivity contribution is 6.37. The normalized spacial score (nSPS) is 11.0. The van der Waals surface area contributed by atoms with Gasteiger partial charge in [-0.2, -0.15) is 0 Å². The van der Waals surface area contributed by atoms with Crippen molar-refractivity contribution < 1.29 is 14.6 Å². The molecular weight excluding hydrogens is 397 g/mol. The molecule has 0 aliphatic carbocycles. The summed E-state index contributed by atoms with van der Waals surface area (Å²) in [5, 5.41) is 10.7. The van der Waals surface area contributed by atoms with Gasteiger partial charge in [0.1, 0.15) is 18.0 Å². The number of ketones is 1. The Bertz CT molecular complexity index is 1010. The molecule has 0 amide bonds. The lowest BCUT2D eigenvalue weighted by molar-refractivity contribution is 0.101. The van der Waals surface area contributed by atoms with Crippen LogP contribution in [0.3, 0.4) is 0 Å². The molecule has 4 nitrogen and oxygen atoms in total. The van der Waals surface area contributed by atoms with Gasteiger partial charge in [-0.3, -0.25) is 9.79 Å². The quantitative estimate of drug-likeness (QED) is 0.384. The highest BCUT2D eigenvalue weighted by atomic mass is 35.5. The van der Waals surface area contributed by atoms with Crippen LogP contribution in [-0.4, -0.2) is 17.1 Å². The minimum Gasteiger partial charge on any atom is -0.506 e. The molecule has 0 saturated heterocycles. The summed E-state index contributed by atoms with van der Waals surface area (Å²) in [6.07, 6.45) is 1.53. The molecule has 3 aromatic rings. The molecule has 0 saturated carbocycles. The van der Waals surface area contributed by atoms with Gasteiger partial charge in [-0.25, -0.2) is 0 Å². The van der Waals surface area contributed by atoms with Gasteiger partial charge >= 0.3 is 0 Å². The molecule has 0 spiro atoms. The second-order valence-corrected chi connectivity index (χ2v) is 6.92. The van der Waals surface area contributed by atoms with E-state index in [1.54, 1.807) is 24.3 Å². The summed E-state index contributed by atoms with van der Waals surface area (Å²) < 4.78 is 5.75. The fourth-order valence-electron chi connectivity index (χ4n) is 2.52. The molecule has 3 aromatic carbocycles. The molecule has 0 radical (unpaired) electrons. The van der Waals surface area contributed by atoms with E-state index >= 15 is 0 Å². The summed E-state index contributed by atoms with van der Waals surface area (Å²) in [6.45, 7) is 1.78. The van der Waals surface area contributed by atoms with Gasteiger partial charge in [0.05, 0.1) is 10.0 Å². The Hall–Kier alpha value is -2.82. The Morgan fingerprint density at radius 1 is 1.07 bits per heavy atom. The van der Waals surface area contributed by atoms with Crippen molar-refractivity contribution in [2.24, 2.45) is 4.99 Å². The molecule has 0 heterocycles. The van der Waals surface area contributed by atoms with E-state index in [2.05, 4.69) is 4.99 Å². The summed E-state index contributed by atoms with van der Waals surface area (Å²) in [6, 6.07) is 17.6. The van der Waals surface area contributed by atoms with Crippen LogP contribution in [0.5, 0.6) is 11.5 Å². The first-order valence-corrected chi connectivity index (χ1v) is 9.23. The van der Waals surface area contributed by atoms with Crippen LogP contribution in [0.4, 0.5) is 5.69 Å². The summed E-state index contributed by atoms with van der Waals surface area (Å²) in [4.78, 5) is 15.6. The summed E-state index contributed by atoms with van der Waals surface area (Å²) in [5.74, 6) is 0.192. The lowest BCUT2D eigenvalue weighted by Crippen LogP contribution is -1.97. The maximum Gasteiger partial charge on any atom is 0.159 e. The standard InChI is InChI=1S/C22H17Cl2NO3/c1-14(26)17-7-8-20(21(27)11-17)25-12-16-9-18(23)22(19(24)10-16)28-13-15-5-3-2-4-6-15/h2-12,27H,13H2,1H3/b25-12+. The van der Waals surface area contributed by atoms with Crippen LogP contribution in [0.2, 0.25) is 10.0 Å². The van der Waals surface area contributed by atoms with Crippen molar-refractivity contribution in [3.05, 3.63) is 87.4 Å². The molecule has 0 bridgehead atoms. The molecule has 0 atom stereocenters. The van der Waals surface area contributed by atoms with Crippen molar-refractivity contribution >= 4 is 40.9 Å². The highest BCUT2D eigenvalue weighted by Gasteiger charge is 2.10. The summed E-state index contributed by atoms with van der Waals surface area (Å²) in [7, 11) is 0. The van der Waals surface area contributed by atoms with E-state index in [0.717, 1.165) is 5.56 Å². The van der Waals surface area contributed by atoms with E-state index in [9.17, 15) is 9.90 Å². The van der Waals surface area contributed by atoms with Gasteiger partial charge < -0.3 is 9.84 Å². The van der Waals surface area contributed by atoms with Crippen molar-refractivity contribution in [3.8, 4) is 11.5 Å². The van der Waals surface area contributed by atoms with Crippen LogP contribution >= 0.6 is 23.2 Å². The van der Waals surface area contributed by atoms with Crippen molar-refractivity contribution in [1.82, 2.24) is 0 Å². The summed E-state index contributed by atoms with van der Waals surface area (Å²) in [5.41, 5.74) is 2.41. The van der Waals surface area contributed by atoms with Crippen LogP contribution < -0.4 is 4.74 Å². The zero-order valence-electron chi connectivity index (χ0n) is 15.0. The van der Waals surface area contributed by atoms with Gasteiger partial charge in [0.15, 0.2) is 11.5 Å². The second-order valence-electron chi connectivity index (χ2n) is 6.11. The largest absolute Gasteiger partial charge is 0.506 e. The van der Waals surface area contributed by atoms with E-state index in [-0.39, 0.29) is 11.5 Å². The Kier molecular flexibility index (Phi) is 6.34. The number of benzene rings is 3. The third-order valence-corrected chi connectivity index (χ3v) is 4.54. The fraction of sp³-hybridized carbons (Fsp3) is 0.0909. The number of nitrogens with zero attached hydrogens (tertiary/aromatic N) is 1. The van der Waals surface area contributed by atoms with Gasteiger partial charge in [0.2, 0.25) is 0 Å². The molecule has 142 valence electrons. The Morgan fingerprint density at radius 3 is 2.36 bits per heavy atom.